The molecule has 0 heterocycles. The smallest absolute Gasteiger partial charge is 0.323 e. The van der Waals surface area contributed by atoms with Gasteiger partial charge in [-0.25, -0.2) is 0 Å². The Morgan fingerprint density at radius 3 is 2.24 bits per heavy atom. The number of nitrogens with one attached hydrogen (secondary N) is 1. The minimum Gasteiger partial charge on any atom is -0.480 e. The first-order valence-corrected chi connectivity index (χ1v) is 11.8. The molecular formula is C27H36N2O4. The summed E-state index contributed by atoms with van der Waals surface area (Å²) in [6.07, 6.45) is 1.76. The minimum atomic E-state index is -1.02. The van der Waals surface area contributed by atoms with E-state index in [1.54, 1.807) is 0 Å². The number of carboxylic acids is 1. The maximum Gasteiger partial charge on any atom is 0.323 e. The lowest BCUT2D eigenvalue weighted by Gasteiger charge is -2.26. The van der Waals surface area contributed by atoms with E-state index in [0.717, 1.165) is 16.8 Å². The third-order valence-electron chi connectivity index (χ3n) is 6.51. The van der Waals surface area contributed by atoms with Gasteiger partial charge in [0, 0.05) is 18.2 Å². The summed E-state index contributed by atoms with van der Waals surface area (Å²) in [5.41, 5.74) is 4.25. The Hall–Kier alpha value is -2.86. The molecule has 3 atom stereocenters. The highest BCUT2D eigenvalue weighted by molar-refractivity contribution is 5.83. The van der Waals surface area contributed by atoms with Crippen molar-refractivity contribution in [1.82, 2.24) is 4.90 Å². The number of benzene rings is 2. The largest absolute Gasteiger partial charge is 0.480 e. The highest BCUT2D eigenvalue weighted by Gasteiger charge is 2.32. The van der Waals surface area contributed by atoms with Crippen molar-refractivity contribution >= 4 is 17.6 Å². The van der Waals surface area contributed by atoms with Gasteiger partial charge in [-0.05, 0) is 61.8 Å². The maximum atomic E-state index is 13.3. The Balaban J connectivity index is 1.65. The van der Waals surface area contributed by atoms with Gasteiger partial charge in [0.05, 0.1) is 12.1 Å². The van der Waals surface area contributed by atoms with E-state index in [1.165, 1.54) is 10.5 Å². The molecule has 6 heteroatoms. The van der Waals surface area contributed by atoms with E-state index in [1.807, 2.05) is 43.3 Å². The van der Waals surface area contributed by atoms with Gasteiger partial charge in [0.2, 0.25) is 5.91 Å². The molecule has 6 nitrogen and oxygen atoms in total. The summed E-state index contributed by atoms with van der Waals surface area (Å²) >= 11 is 0. The van der Waals surface area contributed by atoms with Crippen molar-refractivity contribution in [3.05, 3.63) is 65.2 Å². The fraction of sp³-hybridized carbons (Fsp3) is 0.481. The molecule has 33 heavy (non-hydrogen) atoms. The van der Waals surface area contributed by atoms with Crippen molar-refractivity contribution in [3.63, 3.8) is 0 Å². The Kier molecular flexibility index (Phi) is 8.50. The number of nitrogens with zero attached hydrogens (tertiary/aromatic N) is 1. The number of amides is 1. The second kappa shape index (κ2) is 11.3. The molecule has 1 aliphatic carbocycles. The van der Waals surface area contributed by atoms with Crippen LogP contribution in [0.4, 0.5) is 5.69 Å². The standard InChI is InChI=1S/C27H36N2O4/c1-18(2)21-8-12-23(13-9-21)28-24-14-10-22(11-15-25(24)30)27(33)29(17-26(31)32)16-20-6-4-19(3)5-7-20/h4-9,12-13,18,22,24-25,28,30H,10-11,14-17H2,1-3H3,(H,31,32)/t22-,24+,25+/m1/s1. The van der Waals surface area contributed by atoms with Gasteiger partial charge >= 0.3 is 5.97 Å². The minimum absolute atomic E-state index is 0.141. The topological polar surface area (TPSA) is 89.9 Å². The van der Waals surface area contributed by atoms with Crippen LogP contribution in [0.5, 0.6) is 0 Å². The van der Waals surface area contributed by atoms with E-state index in [0.29, 0.717) is 31.6 Å². The monoisotopic (exact) mass is 452 g/mol. The van der Waals surface area contributed by atoms with Gasteiger partial charge in [0.25, 0.3) is 0 Å². The normalized spacial score (nSPS) is 20.8. The lowest BCUT2D eigenvalue weighted by Crippen LogP contribution is -2.39. The van der Waals surface area contributed by atoms with Crippen molar-refractivity contribution < 1.29 is 19.8 Å². The number of aliphatic hydroxyl groups is 1. The first-order valence-electron chi connectivity index (χ1n) is 11.8. The van der Waals surface area contributed by atoms with Crippen LogP contribution >= 0.6 is 0 Å². The summed E-state index contributed by atoms with van der Waals surface area (Å²) in [6.45, 7) is 6.25. The molecule has 0 bridgehead atoms. The van der Waals surface area contributed by atoms with Gasteiger partial charge in [-0.3, -0.25) is 9.59 Å². The highest BCUT2D eigenvalue weighted by atomic mass is 16.4. The molecule has 3 N–H and O–H groups in total. The van der Waals surface area contributed by atoms with Crippen molar-refractivity contribution in [2.45, 2.75) is 71.1 Å². The number of hydrogen-bond donors (Lipinski definition) is 3. The highest BCUT2D eigenvalue weighted by Crippen LogP contribution is 2.28. The van der Waals surface area contributed by atoms with Crippen LogP contribution < -0.4 is 5.32 Å². The number of carbonyl (C=O) groups excluding carboxylic acids is 1. The van der Waals surface area contributed by atoms with Crippen LogP contribution in [0.1, 0.15) is 62.1 Å². The van der Waals surface area contributed by atoms with Crippen LogP contribution in [0.3, 0.4) is 0 Å². The number of hydrogen-bond acceptors (Lipinski definition) is 4. The van der Waals surface area contributed by atoms with Gasteiger partial charge in [-0.15, -0.1) is 0 Å². The second-order valence-electron chi connectivity index (χ2n) is 9.52. The fourth-order valence-electron chi connectivity index (χ4n) is 4.43. The molecule has 0 unspecified atom stereocenters. The predicted molar refractivity (Wildman–Crippen MR) is 130 cm³/mol. The van der Waals surface area contributed by atoms with Crippen LogP contribution in [0.25, 0.3) is 0 Å². The number of aliphatic hydroxyl groups excluding tert-OH is 1. The van der Waals surface area contributed by atoms with E-state index in [4.69, 9.17) is 0 Å². The molecular weight excluding hydrogens is 416 g/mol. The molecule has 0 aliphatic heterocycles. The predicted octanol–water partition coefficient (Wildman–Crippen LogP) is 4.56. The van der Waals surface area contributed by atoms with Gasteiger partial charge in [0.1, 0.15) is 6.54 Å². The lowest BCUT2D eigenvalue weighted by molar-refractivity contribution is -0.147. The molecule has 1 fully saturated rings. The number of carboxylic acid groups (broad SMARTS) is 1. The van der Waals surface area contributed by atoms with Gasteiger partial charge in [-0.2, -0.15) is 0 Å². The van der Waals surface area contributed by atoms with Gasteiger partial charge in [0.15, 0.2) is 0 Å². The summed E-state index contributed by atoms with van der Waals surface area (Å²) in [5, 5.41) is 23.5. The SMILES string of the molecule is Cc1ccc(CN(CC(=O)O)C(=O)[C@@H]2CC[C@H](Nc3ccc(C(C)C)cc3)[C@@H](O)CC2)cc1. The number of rotatable bonds is 8. The van der Waals surface area contributed by atoms with E-state index >= 15 is 0 Å². The molecule has 0 saturated heterocycles. The van der Waals surface area contributed by atoms with Crippen LogP contribution in [0.2, 0.25) is 0 Å². The first-order chi connectivity index (χ1) is 15.7. The zero-order chi connectivity index (χ0) is 24.0. The van der Waals surface area contributed by atoms with Crippen LogP contribution in [0, 0.1) is 12.8 Å². The van der Waals surface area contributed by atoms with E-state index in [-0.39, 0.29) is 31.0 Å². The zero-order valence-electron chi connectivity index (χ0n) is 19.8. The van der Waals surface area contributed by atoms with Crippen LogP contribution in [-0.2, 0) is 16.1 Å². The van der Waals surface area contributed by atoms with Gasteiger partial charge < -0.3 is 20.4 Å². The van der Waals surface area contributed by atoms with Crippen LogP contribution in [-0.4, -0.2) is 45.7 Å². The van der Waals surface area contributed by atoms with E-state index in [9.17, 15) is 19.8 Å². The first kappa shape index (κ1) is 24.8. The zero-order valence-corrected chi connectivity index (χ0v) is 19.8. The lowest BCUT2D eigenvalue weighted by atomic mass is 9.98. The van der Waals surface area contributed by atoms with Crippen molar-refractivity contribution in [1.29, 1.82) is 0 Å². The summed E-state index contributed by atoms with van der Waals surface area (Å²) in [5.74, 6) is -0.997. The summed E-state index contributed by atoms with van der Waals surface area (Å²) in [7, 11) is 0. The van der Waals surface area contributed by atoms with Gasteiger partial charge in [-0.1, -0.05) is 55.8 Å². The molecule has 2 aromatic carbocycles. The maximum absolute atomic E-state index is 13.3. The third kappa shape index (κ3) is 7.06. The molecule has 178 valence electrons. The Morgan fingerprint density at radius 2 is 1.64 bits per heavy atom. The Labute approximate surface area is 196 Å². The quantitative estimate of drug-likeness (QED) is 0.511. The number of aryl methyl sites for hydroxylation is 1. The van der Waals surface area contributed by atoms with Crippen LogP contribution in [0.15, 0.2) is 48.5 Å². The molecule has 0 radical (unpaired) electrons. The summed E-state index contributed by atoms with van der Waals surface area (Å²) < 4.78 is 0. The van der Waals surface area contributed by atoms with Crippen molar-refractivity contribution in [2.24, 2.45) is 5.92 Å². The summed E-state index contributed by atoms with van der Waals surface area (Å²) in [6, 6.07) is 15.9. The Bertz CT molecular complexity index is 924. The molecule has 0 aromatic heterocycles. The Morgan fingerprint density at radius 1 is 1.00 bits per heavy atom. The molecule has 3 rings (SSSR count). The molecule has 0 spiro atoms. The second-order valence-corrected chi connectivity index (χ2v) is 9.52. The van der Waals surface area contributed by atoms with Crippen molar-refractivity contribution in [3.8, 4) is 0 Å². The number of carbonyl (C=O) groups is 2. The third-order valence-corrected chi connectivity index (χ3v) is 6.51. The van der Waals surface area contributed by atoms with E-state index < -0.39 is 12.1 Å². The number of aliphatic carboxylic acids is 1. The molecule has 1 amide bonds. The van der Waals surface area contributed by atoms with E-state index in [2.05, 4.69) is 31.3 Å². The number of anilines is 1. The molecule has 1 saturated carbocycles. The molecule has 1 aliphatic rings. The fourth-order valence-corrected chi connectivity index (χ4v) is 4.43. The summed E-state index contributed by atoms with van der Waals surface area (Å²) in [4.78, 5) is 26.2. The molecule has 2 aromatic rings. The van der Waals surface area contributed by atoms with Crippen molar-refractivity contribution in [2.75, 3.05) is 11.9 Å². The average Bonchev–Trinajstić information content (AvgIpc) is 2.96. The average molecular weight is 453 g/mol.